The third-order valence-electron chi connectivity index (χ3n) is 7.14. The highest BCUT2D eigenvalue weighted by Gasteiger charge is 2.45. The zero-order chi connectivity index (χ0) is 27.2. The molecule has 1 heterocycles. The van der Waals surface area contributed by atoms with Crippen LogP contribution >= 0.6 is 0 Å². The molecule has 0 amide bonds. The molecule has 1 aliphatic heterocycles. The molecule has 1 unspecified atom stereocenters. The van der Waals surface area contributed by atoms with Crippen molar-refractivity contribution in [2.75, 3.05) is 33.9 Å². The maximum absolute atomic E-state index is 13.8. The van der Waals surface area contributed by atoms with E-state index in [1.807, 2.05) is 42.5 Å². The lowest BCUT2D eigenvalue weighted by Crippen LogP contribution is -2.57. The van der Waals surface area contributed by atoms with Crippen molar-refractivity contribution in [2.24, 2.45) is 0 Å². The third-order valence-corrected chi connectivity index (χ3v) is 9.66. The van der Waals surface area contributed by atoms with Crippen LogP contribution in [0.15, 0.2) is 77.7 Å². The molecular weight excluding hydrogens is 504 g/mol. The number of rotatable bonds is 11. The van der Waals surface area contributed by atoms with E-state index in [0.717, 1.165) is 23.2 Å². The van der Waals surface area contributed by atoms with Crippen LogP contribution in [0.3, 0.4) is 0 Å². The molecule has 0 saturated carbocycles. The smallest absolute Gasteiger partial charge is 0.305 e. The highest BCUT2D eigenvalue weighted by atomic mass is 32.2. The molecule has 0 spiro atoms. The predicted octanol–water partition coefficient (Wildman–Crippen LogP) is 4.07. The van der Waals surface area contributed by atoms with Gasteiger partial charge >= 0.3 is 5.97 Å². The van der Waals surface area contributed by atoms with Crippen molar-refractivity contribution in [3.8, 4) is 22.6 Å². The third kappa shape index (κ3) is 5.70. The molecule has 38 heavy (non-hydrogen) atoms. The lowest BCUT2D eigenvalue weighted by Gasteiger charge is -2.38. The Morgan fingerprint density at radius 2 is 1.66 bits per heavy atom. The highest BCUT2D eigenvalue weighted by Crippen LogP contribution is 2.39. The van der Waals surface area contributed by atoms with Gasteiger partial charge in [-0.25, -0.2) is 8.42 Å². The lowest BCUT2D eigenvalue weighted by molar-refractivity contribution is -0.137. The molecule has 0 bridgehead atoms. The number of carboxylic acid groups (broad SMARTS) is 1. The Kier molecular flexibility index (Phi) is 8.71. The number of carbonyl (C=O) groups is 1. The summed E-state index contributed by atoms with van der Waals surface area (Å²) in [4.78, 5) is 12.1. The number of hydrogen-bond acceptors (Lipinski definition) is 7. The molecule has 1 aliphatic rings. The first-order valence-corrected chi connectivity index (χ1v) is 14.1. The van der Waals surface area contributed by atoms with E-state index in [9.17, 15) is 18.3 Å². The van der Waals surface area contributed by atoms with Gasteiger partial charge in [0, 0.05) is 19.1 Å². The summed E-state index contributed by atoms with van der Waals surface area (Å²) in [7, 11) is -0.496. The van der Waals surface area contributed by atoms with Gasteiger partial charge in [-0.2, -0.15) is 0 Å². The minimum atomic E-state index is -3.69. The van der Waals surface area contributed by atoms with E-state index in [-0.39, 0.29) is 17.9 Å². The van der Waals surface area contributed by atoms with Crippen molar-refractivity contribution in [2.45, 2.75) is 34.9 Å². The van der Waals surface area contributed by atoms with Crippen LogP contribution in [0.4, 0.5) is 0 Å². The quantitative estimate of drug-likeness (QED) is 0.335. The number of sulfone groups is 1. The average Bonchev–Trinajstić information content (AvgIpc) is 2.95. The Morgan fingerprint density at radius 3 is 2.21 bits per heavy atom. The van der Waals surface area contributed by atoms with Crippen molar-refractivity contribution in [3.05, 3.63) is 78.4 Å². The van der Waals surface area contributed by atoms with Crippen LogP contribution in [0.5, 0.6) is 11.5 Å². The molecule has 4 rings (SSSR count). The minimum absolute atomic E-state index is 0.122. The van der Waals surface area contributed by atoms with Gasteiger partial charge in [-0.15, -0.1) is 0 Å². The largest absolute Gasteiger partial charge is 0.496 e. The number of carboxylic acids is 1. The molecule has 3 aromatic rings. The van der Waals surface area contributed by atoms with Crippen molar-refractivity contribution < 1.29 is 27.8 Å². The summed E-state index contributed by atoms with van der Waals surface area (Å²) in [6, 6.07) is 20.9. The predicted molar refractivity (Wildman–Crippen MR) is 146 cm³/mol. The van der Waals surface area contributed by atoms with Gasteiger partial charge in [-0.1, -0.05) is 48.5 Å². The monoisotopic (exact) mass is 538 g/mol. The zero-order valence-corrected chi connectivity index (χ0v) is 22.5. The summed E-state index contributed by atoms with van der Waals surface area (Å²) >= 11 is 0. The normalized spacial score (nSPS) is 18.5. The number of aliphatic carboxylic acids is 1. The van der Waals surface area contributed by atoms with Gasteiger partial charge in [0.2, 0.25) is 0 Å². The van der Waals surface area contributed by atoms with Crippen molar-refractivity contribution in [1.82, 2.24) is 10.6 Å². The van der Waals surface area contributed by atoms with Gasteiger partial charge in [0.15, 0.2) is 9.84 Å². The van der Waals surface area contributed by atoms with Gasteiger partial charge in [0.25, 0.3) is 0 Å². The van der Waals surface area contributed by atoms with Gasteiger partial charge in [-0.3, -0.25) is 4.79 Å². The van der Waals surface area contributed by atoms with E-state index in [4.69, 9.17) is 9.47 Å². The summed E-state index contributed by atoms with van der Waals surface area (Å²) in [5, 5.41) is 16.2. The van der Waals surface area contributed by atoms with E-state index in [1.54, 1.807) is 44.6 Å². The second kappa shape index (κ2) is 12.0. The SMILES string of the molecule is COc1cccc(OC)c1-c1ccc([C@@H](CC(=O)O)NCC2(S(=O)(=O)c3ccccc3)CCCNC2)cc1. The van der Waals surface area contributed by atoms with Crippen molar-refractivity contribution in [3.63, 3.8) is 0 Å². The lowest BCUT2D eigenvalue weighted by atomic mass is 9.95. The van der Waals surface area contributed by atoms with E-state index < -0.39 is 26.6 Å². The Balaban J connectivity index is 1.63. The van der Waals surface area contributed by atoms with Gasteiger partial charge in [0.05, 0.1) is 31.1 Å². The minimum Gasteiger partial charge on any atom is -0.496 e. The summed E-state index contributed by atoms with van der Waals surface area (Å²) in [5.74, 6) is 0.352. The van der Waals surface area contributed by atoms with Crippen LogP contribution in [-0.4, -0.2) is 58.1 Å². The summed E-state index contributed by atoms with van der Waals surface area (Å²) < 4.78 is 37.5. The molecule has 8 nitrogen and oxygen atoms in total. The molecule has 3 aromatic carbocycles. The summed E-state index contributed by atoms with van der Waals surface area (Å²) in [6.07, 6.45) is 1.01. The van der Waals surface area contributed by atoms with Crippen LogP contribution in [0, 0.1) is 0 Å². The van der Waals surface area contributed by atoms with E-state index in [2.05, 4.69) is 10.6 Å². The van der Waals surface area contributed by atoms with Crippen molar-refractivity contribution in [1.29, 1.82) is 0 Å². The molecule has 9 heteroatoms. The maximum atomic E-state index is 13.8. The Labute approximate surface area is 223 Å². The second-order valence-electron chi connectivity index (χ2n) is 9.47. The molecule has 3 N–H and O–H groups in total. The second-order valence-corrected chi connectivity index (χ2v) is 11.8. The van der Waals surface area contributed by atoms with Crippen LogP contribution < -0.4 is 20.1 Å². The van der Waals surface area contributed by atoms with Crippen LogP contribution in [0.25, 0.3) is 11.1 Å². The fourth-order valence-corrected chi connectivity index (χ4v) is 7.07. The Hall–Kier alpha value is -3.40. The summed E-state index contributed by atoms with van der Waals surface area (Å²) in [5.41, 5.74) is 2.41. The average molecular weight is 539 g/mol. The first kappa shape index (κ1) is 27.6. The van der Waals surface area contributed by atoms with Gasteiger partial charge < -0.3 is 25.2 Å². The molecule has 2 atom stereocenters. The molecule has 202 valence electrons. The molecule has 1 saturated heterocycles. The number of methoxy groups -OCH3 is 2. The zero-order valence-electron chi connectivity index (χ0n) is 21.6. The van der Waals surface area contributed by atoms with Crippen LogP contribution in [0.2, 0.25) is 0 Å². The standard InChI is InChI=1S/C29H34N2O6S/c1-36-25-10-6-11-26(37-2)28(25)22-14-12-21(13-15-22)24(18-27(32)33)31-20-29(16-7-17-30-19-29)38(34,35)23-8-4-3-5-9-23/h3-6,8-15,24,30-31H,7,16-20H2,1-2H3,(H,32,33)/t24-,29?/m1/s1. The number of ether oxygens (including phenoxy) is 2. The van der Waals surface area contributed by atoms with Gasteiger partial charge in [-0.05, 0) is 54.8 Å². The molecule has 0 aliphatic carbocycles. The number of piperidine rings is 1. The van der Waals surface area contributed by atoms with Gasteiger partial charge in [0.1, 0.15) is 16.2 Å². The number of nitrogens with one attached hydrogen (secondary N) is 2. The summed E-state index contributed by atoms with van der Waals surface area (Å²) in [6.45, 7) is 1.17. The number of hydrogen-bond donors (Lipinski definition) is 3. The number of benzene rings is 3. The fraction of sp³-hybridized carbons (Fsp3) is 0.345. The van der Waals surface area contributed by atoms with E-state index in [1.165, 1.54) is 0 Å². The molecular formula is C29H34N2O6S. The maximum Gasteiger partial charge on any atom is 0.305 e. The highest BCUT2D eigenvalue weighted by molar-refractivity contribution is 7.93. The molecule has 1 fully saturated rings. The van der Waals surface area contributed by atoms with Crippen LogP contribution in [-0.2, 0) is 14.6 Å². The molecule has 0 aromatic heterocycles. The first-order chi connectivity index (χ1) is 18.3. The Morgan fingerprint density at radius 1 is 1.00 bits per heavy atom. The van der Waals surface area contributed by atoms with E-state index in [0.29, 0.717) is 30.9 Å². The molecule has 0 radical (unpaired) electrons. The van der Waals surface area contributed by atoms with E-state index >= 15 is 0 Å². The van der Waals surface area contributed by atoms with Crippen molar-refractivity contribution >= 4 is 15.8 Å². The fourth-order valence-electron chi connectivity index (χ4n) is 5.07. The van der Waals surface area contributed by atoms with Crippen LogP contribution in [0.1, 0.15) is 30.9 Å². The Bertz CT molecular complexity index is 1310. The topological polar surface area (TPSA) is 114 Å². The first-order valence-electron chi connectivity index (χ1n) is 12.6.